The van der Waals surface area contributed by atoms with Crippen molar-refractivity contribution in [3.8, 4) is 5.75 Å². The van der Waals surface area contributed by atoms with Crippen LogP contribution < -0.4 is 4.74 Å². The van der Waals surface area contributed by atoms with Gasteiger partial charge in [-0.15, -0.1) is 0 Å². The quantitative estimate of drug-likeness (QED) is 0.481. The molecule has 0 amide bonds. The summed E-state index contributed by atoms with van der Waals surface area (Å²) in [5.74, 6) is 0.743. The second-order valence-electron chi connectivity index (χ2n) is 5.26. The summed E-state index contributed by atoms with van der Waals surface area (Å²) in [5.41, 5.74) is 0.816. The minimum absolute atomic E-state index is 0.00999. The lowest BCUT2D eigenvalue weighted by molar-refractivity contribution is -0.385. The molecule has 5 heteroatoms. The van der Waals surface area contributed by atoms with Gasteiger partial charge in [0.25, 0.3) is 5.69 Å². The Balaban J connectivity index is 2.20. The molecule has 1 fully saturated rings. The number of non-ortho nitro benzene ring substituents is 1. The van der Waals surface area contributed by atoms with Crippen LogP contribution >= 0.6 is 0 Å². The molecule has 108 valence electrons. The third-order valence-electron chi connectivity index (χ3n) is 3.81. The molecule has 5 nitrogen and oxygen atoms in total. The smallest absolute Gasteiger partial charge is 0.273 e. The fourth-order valence-corrected chi connectivity index (χ4v) is 2.72. The fourth-order valence-electron chi connectivity index (χ4n) is 2.72. The highest BCUT2D eigenvalue weighted by Gasteiger charge is 2.22. The molecule has 1 saturated carbocycles. The monoisotopic (exact) mass is 277 g/mol. The molecule has 0 N–H and O–H groups in total. The van der Waals surface area contributed by atoms with Gasteiger partial charge in [-0.05, 0) is 30.9 Å². The number of ether oxygens (including phenoxy) is 1. The van der Waals surface area contributed by atoms with Crippen LogP contribution in [-0.2, 0) is 11.2 Å². The van der Waals surface area contributed by atoms with Crippen molar-refractivity contribution >= 4 is 11.5 Å². The van der Waals surface area contributed by atoms with Crippen LogP contribution in [0.3, 0.4) is 0 Å². The normalized spacial score (nSPS) is 19.4. The Labute approximate surface area is 118 Å². The van der Waals surface area contributed by atoms with E-state index >= 15 is 0 Å². The number of hydrogen-bond donors (Lipinski definition) is 0. The zero-order valence-corrected chi connectivity index (χ0v) is 11.6. The third-order valence-corrected chi connectivity index (χ3v) is 3.81. The lowest BCUT2D eigenvalue weighted by Crippen LogP contribution is -2.15. The Bertz CT molecular complexity index is 513. The Morgan fingerprint density at radius 2 is 2.10 bits per heavy atom. The van der Waals surface area contributed by atoms with Gasteiger partial charge in [-0.3, -0.25) is 14.9 Å². The maximum Gasteiger partial charge on any atom is 0.273 e. The number of nitro benzene ring substituents is 1. The summed E-state index contributed by atoms with van der Waals surface area (Å²) in [5, 5.41) is 10.9. The first-order valence-corrected chi connectivity index (χ1v) is 6.95. The van der Waals surface area contributed by atoms with Crippen LogP contribution in [0.2, 0.25) is 0 Å². The predicted molar refractivity (Wildman–Crippen MR) is 74.9 cm³/mol. The number of ketones is 1. The standard InChI is InChI=1S/C15H19NO4/c1-20-14-9-11(8-13(10-14)16(18)19)7-12-5-3-2-4-6-15(12)17/h8-10,12H,2-7H2,1H3. The second kappa shape index (κ2) is 6.50. The molecule has 0 spiro atoms. The molecule has 1 atom stereocenters. The number of hydrogen-bond acceptors (Lipinski definition) is 4. The lowest BCUT2D eigenvalue weighted by atomic mass is 9.91. The van der Waals surface area contributed by atoms with Gasteiger partial charge in [-0.1, -0.05) is 12.8 Å². The number of Topliss-reactive ketones (excluding diaryl/α,β-unsaturated/α-hetero) is 1. The molecule has 0 saturated heterocycles. The van der Waals surface area contributed by atoms with Crippen molar-refractivity contribution in [1.29, 1.82) is 0 Å². The van der Waals surface area contributed by atoms with E-state index in [1.54, 1.807) is 12.1 Å². The van der Waals surface area contributed by atoms with Crippen molar-refractivity contribution < 1.29 is 14.5 Å². The van der Waals surface area contributed by atoms with Gasteiger partial charge < -0.3 is 4.74 Å². The van der Waals surface area contributed by atoms with Gasteiger partial charge in [0.1, 0.15) is 11.5 Å². The highest BCUT2D eigenvalue weighted by Crippen LogP contribution is 2.28. The molecule has 0 heterocycles. The first kappa shape index (κ1) is 14.5. The molecule has 0 radical (unpaired) electrons. The predicted octanol–water partition coefficient (Wildman–Crippen LogP) is 3.30. The molecule has 0 aliphatic heterocycles. The maximum atomic E-state index is 12.0. The first-order valence-electron chi connectivity index (χ1n) is 6.95. The van der Waals surface area contributed by atoms with E-state index in [2.05, 4.69) is 0 Å². The van der Waals surface area contributed by atoms with Crippen molar-refractivity contribution in [1.82, 2.24) is 0 Å². The molecular weight excluding hydrogens is 258 g/mol. The van der Waals surface area contributed by atoms with Crippen molar-refractivity contribution in [2.45, 2.75) is 38.5 Å². The van der Waals surface area contributed by atoms with E-state index in [4.69, 9.17) is 4.74 Å². The van der Waals surface area contributed by atoms with Crippen molar-refractivity contribution in [3.63, 3.8) is 0 Å². The summed E-state index contributed by atoms with van der Waals surface area (Å²) in [6.07, 6.45) is 5.20. The molecular formula is C15H19NO4. The van der Waals surface area contributed by atoms with Gasteiger partial charge in [0, 0.05) is 18.4 Å². The summed E-state index contributed by atoms with van der Waals surface area (Å²) in [6.45, 7) is 0. The van der Waals surface area contributed by atoms with E-state index in [0.717, 1.165) is 31.2 Å². The van der Waals surface area contributed by atoms with E-state index in [9.17, 15) is 14.9 Å². The zero-order valence-electron chi connectivity index (χ0n) is 11.6. The highest BCUT2D eigenvalue weighted by atomic mass is 16.6. The van der Waals surface area contributed by atoms with Crippen LogP contribution in [0.15, 0.2) is 18.2 Å². The van der Waals surface area contributed by atoms with Gasteiger partial charge >= 0.3 is 0 Å². The molecule has 20 heavy (non-hydrogen) atoms. The second-order valence-corrected chi connectivity index (χ2v) is 5.26. The molecule has 0 aromatic heterocycles. The van der Waals surface area contributed by atoms with Crippen molar-refractivity contribution in [2.75, 3.05) is 7.11 Å². The summed E-state index contributed by atoms with van der Waals surface area (Å²) >= 11 is 0. The Morgan fingerprint density at radius 1 is 1.30 bits per heavy atom. The fraction of sp³-hybridized carbons (Fsp3) is 0.533. The minimum Gasteiger partial charge on any atom is -0.496 e. The molecule has 1 aliphatic rings. The Kier molecular flexibility index (Phi) is 4.71. The molecule has 0 bridgehead atoms. The molecule has 1 aromatic carbocycles. The third kappa shape index (κ3) is 3.56. The number of carbonyl (C=O) groups excluding carboxylic acids is 1. The number of carbonyl (C=O) groups is 1. The van der Waals surface area contributed by atoms with E-state index in [1.165, 1.54) is 13.2 Å². The number of nitrogens with zero attached hydrogens (tertiary/aromatic N) is 1. The average Bonchev–Trinajstić information content (AvgIpc) is 2.64. The summed E-state index contributed by atoms with van der Waals surface area (Å²) in [7, 11) is 1.49. The zero-order chi connectivity index (χ0) is 14.5. The summed E-state index contributed by atoms with van der Waals surface area (Å²) < 4.78 is 5.10. The van der Waals surface area contributed by atoms with Crippen LogP contribution in [0.4, 0.5) is 5.69 Å². The first-order chi connectivity index (χ1) is 9.60. The minimum atomic E-state index is -0.430. The van der Waals surface area contributed by atoms with Crippen molar-refractivity contribution in [2.24, 2.45) is 5.92 Å². The molecule has 1 unspecified atom stereocenters. The lowest BCUT2D eigenvalue weighted by Gasteiger charge is -2.13. The van der Waals surface area contributed by atoms with Crippen LogP contribution in [0, 0.1) is 16.0 Å². The van der Waals surface area contributed by atoms with Gasteiger partial charge in [-0.2, -0.15) is 0 Å². The number of nitro groups is 1. The van der Waals surface area contributed by atoms with Gasteiger partial charge in [0.05, 0.1) is 18.1 Å². The maximum absolute atomic E-state index is 12.0. The van der Waals surface area contributed by atoms with Crippen LogP contribution in [0.25, 0.3) is 0 Å². The van der Waals surface area contributed by atoms with Gasteiger partial charge in [0.2, 0.25) is 0 Å². The van der Waals surface area contributed by atoms with Crippen LogP contribution in [0.1, 0.15) is 37.7 Å². The number of rotatable bonds is 4. The topological polar surface area (TPSA) is 69.4 Å². The van der Waals surface area contributed by atoms with Gasteiger partial charge in [-0.25, -0.2) is 0 Å². The van der Waals surface area contributed by atoms with Gasteiger partial charge in [0.15, 0.2) is 0 Å². The van der Waals surface area contributed by atoms with E-state index < -0.39 is 4.92 Å². The Morgan fingerprint density at radius 3 is 2.80 bits per heavy atom. The average molecular weight is 277 g/mol. The highest BCUT2D eigenvalue weighted by molar-refractivity contribution is 5.81. The Hall–Kier alpha value is -1.91. The summed E-state index contributed by atoms with van der Waals surface area (Å²) in [6, 6.07) is 4.73. The largest absolute Gasteiger partial charge is 0.496 e. The van der Waals surface area contributed by atoms with E-state index in [0.29, 0.717) is 18.6 Å². The van der Waals surface area contributed by atoms with E-state index in [1.807, 2.05) is 0 Å². The molecule has 2 rings (SSSR count). The number of methoxy groups -OCH3 is 1. The van der Waals surface area contributed by atoms with E-state index in [-0.39, 0.29) is 17.4 Å². The van der Waals surface area contributed by atoms with Crippen LogP contribution in [0.5, 0.6) is 5.75 Å². The van der Waals surface area contributed by atoms with Crippen molar-refractivity contribution in [3.05, 3.63) is 33.9 Å². The molecule has 1 aromatic rings. The SMILES string of the molecule is COc1cc(CC2CCCCCC2=O)cc([N+](=O)[O-])c1. The molecule has 1 aliphatic carbocycles. The van der Waals surface area contributed by atoms with Crippen LogP contribution in [-0.4, -0.2) is 17.8 Å². The summed E-state index contributed by atoms with van der Waals surface area (Å²) in [4.78, 5) is 22.5. The number of benzene rings is 1.